The number of anilines is 1. The number of benzene rings is 2. The van der Waals surface area contributed by atoms with Crippen molar-refractivity contribution in [2.75, 3.05) is 11.1 Å². The monoisotopic (exact) mass is 371 g/mol. The Morgan fingerprint density at radius 3 is 2.62 bits per heavy atom. The number of hydrogen-bond donors (Lipinski definition) is 1. The van der Waals surface area contributed by atoms with E-state index >= 15 is 0 Å². The van der Waals surface area contributed by atoms with Crippen molar-refractivity contribution in [1.29, 1.82) is 0 Å². The van der Waals surface area contributed by atoms with Crippen LogP contribution in [0.25, 0.3) is 5.69 Å². The zero-order chi connectivity index (χ0) is 18.3. The first-order valence-corrected chi connectivity index (χ1v) is 9.11. The summed E-state index contributed by atoms with van der Waals surface area (Å²) in [4.78, 5) is 12.2. The minimum Gasteiger partial charge on any atom is -0.310 e. The van der Waals surface area contributed by atoms with Crippen molar-refractivity contribution in [1.82, 2.24) is 9.78 Å². The number of nitrogens with one attached hydrogen (secondary N) is 1. The fraction of sp³-hybridized carbons (Fsp3) is 0.158. The molecule has 1 atom stereocenters. The largest absolute Gasteiger partial charge is 0.310 e. The van der Waals surface area contributed by atoms with Gasteiger partial charge in [0.2, 0.25) is 5.91 Å². The number of nitrogens with zero attached hydrogens (tertiary/aromatic N) is 2. The topological polar surface area (TPSA) is 46.9 Å². The average molecular weight is 371 g/mol. The Labute approximate surface area is 153 Å². The third kappa shape index (κ3) is 2.88. The lowest BCUT2D eigenvalue weighted by Crippen LogP contribution is -2.15. The Bertz CT molecular complexity index is 985. The predicted molar refractivity (Wildman–Crippen MR) is 97.6 cm³/mol. The van der Waals surface area contributed by atoms with Gasteiger partial charge >= 0.3 is 0 Å². The van der Waals surface area contributed by atoms with Crippen LogP contribution in [0.15, 0.2) is 48.5 Å². The van der Waals surface area contributed by atoms with E-state index in [9.17, 15) is 13.6 Å². The highest BCUT2D eigenvalue weighted by Crippen LogP contribution is 2.44. The van der Waals surface area contributed by atoms with Gasteiger partial charge in [-0.05, 0) is 37.3 Å². The highest BCUT2D eigenvalue weighted by molar-refractivity contribution is 8.00. The van der Waals surface area contributed by atoms with E-state index in [1.807, 2.05) is 6.92 Å². The van der Waals surface area contributed by atoms with Gasteiger partial charge in [-0.3, -0.25) is 4.79 Å². The molecule has 2 heterocycles. The molecule has 0 radical (unpaired) electrons. The molecule has 0 bridgehead atoms. The van der Waals surface area contributed by atoms with Crippen LogP contribution in [0.1, 0.15) is 22.1 Å². The molecule has 2 aromatic carbocycles. The van der Waals surface area contributed by atoms with Crippen LogP contribution in [0.5, 0.6) is 0 Å². The number of carbonyl (C=O) groups is 1. The van der Waals surface area contributed by atoms with Crippen LogP contribution in [-0.4, -0.2) is 21.4 Å². The number of carbonyl (C=O) groups excluding carboxylic acids is 1. The fourth-order valence-corrected chi connectivity index (χ4v) is 4.30. The summed E-state index contributed by atoms with van der Waals surface area (Å²) in [5.41, 5.74) is 2.58. The molecule has 1 amide bonds. The first-order chi connectivity index (χ1) is 12.5. The molecule has 1 unspecified atom stereocenters. The van der Waals surface area contributed by atoms with Crippen LogP contribution < -0.4 is 5.32 Å². The number of hydrogen-bond acceptors (Lipinski definition) is 3. The smallest absolute Gasteiger partial charge is 0.235 e. The third-order valence-corrected chi connectivity index (χ3v) is 5.52. The van der Waals surface area contributed by atoms with E-state index in [-0.39, 0.29) is 28.5 Å². The number of halogens is 2. The fourth-order valence-electron chi connectivity index (χ4n) is 3.09. The molecule has 1 aliphatic heterocycles. The highest BCUT2D eigenvalue weighted by atomic mass is 32.2. The number of aryl methyl sites for hydroxylation is 1. The molecule has 1 aliphatic rings. The van der Waals surface area contributed by atoms with Crippen LogP contribution in [0, 0.1) is 18.6 Å². The Kier molecular flexibility index (Phi) is 4.24. The zero-order valence-corrected chi connectivity index (χ0v) is 14.7. The molecule has 0 fully saturated rings. The van der Waals surface area contributed by atoms with Crippen molar-refractivity contribution in [3.8, 4) is 5.69 Å². The molecular weight excluding hydrogens is 356 g/mol. The molecule has 132 valence electrons. The van der Waals surface area contributed by atoms with Gasteiger partial charge in [-0.25, -0.2) is 13.5 Å². The summed E-state index contributed by atoms with van der Waals surface area (Å²) in [7, 11) is 0. The summed E-state index contributed by atoms with van der Waals surface area (Å²) in [5, 5.41) is 7.02. The van der Waals surface area contributed by atoms with Crippen LogP contribution in [0.4, 0.5) is 14.6 Å². The summed E-state index contributed by atoms with van der Waals surface area (Å²) >= 11 is 1.36. The van der Waals surface area contributed by atoms with Crippen molar-refractivity contribution in [3.05, 3.63) is 77.0 Å². The molecule has 0 saturated carbocycles. The molecule has 7 heteroatoms. The van der Waals surface area contributed by atoms with Crippen molar-refractivity contribution in [2.45, 2.75) is 12.2 Å². The number of thioether (sulfide) groups is 1. The minimum atomic E-state index is -0.362. The van der Waals surface area contributed by atoms with E-state index in [1.54, 1.807) is 35.0 Å². The van der Waals surface area contributed by atoms with Gasteiger partial charge in [-0.1, -0.05) is 18.2 Å². The molecule has 0 saturated heterocycles. The maximum absolute atomic E-state index is 14.4. The van der Waals surface area contributed by atoms with Crippen molar-refractivity contribution >= 4 is 23.5 Å². The number of amides is 1. The minimum absolute atomic E-state index is 0.182. The predicted octanol–water partition coefficient (Wildman–Crippen LogP) is 4.23. The number of aromatic nitrogens is 2. The molecule has 1 N–H and O–H groups in total. The van der Waals surface area contributed by atoms with Gasteiger partial charge in [0.15, 0.2) is 0 Å². The SMILES string of the molecule is Cc1nn(-c2ccc(F)cc2)c2c1C(c1ccccc1F)SCC(=O)N2. The first-order valence-electron chi connectivity index (χ1n) is 8.06. The van der Waals surface area contributed by atoms with E-state index < -0.39 is 0 Å². The van der Waals surface area contributed by atoms with Gasteiger partial charge in [0.25, 0.3) is 0 Å². The Balaban J connectivity index is 1.91. The van der Waals surface area contributed by atoms with Crippen LogP contribution in [0.3, 0.4) is 0 Å². The van der Waals surface area contributed by atoms with Gasteiger partial charge < -0.3 is 5.32 Å². The normalized spacial score (nSPS) is 16.7. The van der Waals surface area contributed by atoms with E-state index in [4.69, 9.17) is 0 Å². The second-order valence-electron chi connectivity index (χ2n) is 6.00. The van der Waals surface area contributed by atoms with Crippen LogP contribution >= 0.6 is 11.8 Å². The second kappa shape index (κ2) is 6.57. The maximum Gasteiger partial charge on any atom is 0.235 e. The van der Waals surface area contributed by atoms with Crippen LogP contribution in [0.2, 0.25) is 0 Å². The van der Waals surface area contributed by atoms with Gasteiger partial charge in [0, 0.05) is 11.1 Å². The summed E-state index contributed by atoms with van der Waals surface area (Å²) in [6.45, 7) is 1.82. The number of rotatable bonds is 2. The lowest BCUT2D eigenvalue weighted by molar-refractivity contribution is -0.113. The summed E-state index contributed by atoms with van der Waals surface area (Å²) in [6.07, 6.45) is 0. The van der Waals surface area contributed by atoms with Crippen molar-refractivity contribution in [3.63, 3.8) is 0 Å². The van der Waals surface area contributed by atoms with Gasteiger partial charge in [0.1, 0.15) is 17.5 Å². The first kappa shape index (κ1) is 16.8. The van der Waals surface area contributed by atoms with Gasteiger partial charge in [0.05, 0.1) is 22.4 Å². The lowest BCUT2D eigenvalue weighted by atomic mass is 10.0. The molecule has 4 nitrogen and oxygen atoms in total. The van der Waals surface area contributed by atoms with E-state index in [0.29, 0.717) is 22.8 Å². The molecule has 3 aromatic rings. The van der Waals surface area contributed by atoms with E-state index in [0.717, 1.165) is 5.56 Å². The quantitative estimate of drug-likeness (QED) is 0.733. The van der Waals surface area contributed by atoms with Crippen LogP contribution in [-0.2, 0) is 4.79 Å². The molecule has 0 aliphatic carbocycles. The maximum atomic E-state index is 14.4. The molecule has 26 heavy (non-hydrogen) atoms. The van der Waals surface area contributed by atoms with Gasteiger partial charge in [-0.15, -0.1) is 11.8 Å². The molecule has 4 rings (SSSR count). The van der Waals surface area contributed by atoms with Crippen molar-refractivity contribution in [2.24, 2.45) is 0 Å². The number of fused-ring (bicyclic) bond motifs is 1. The summed E-state index contributed by atoms with van der Waals surface area (Å²) in [6, 6.07) is 12.4. The third-order valence-electron chi connectivity index (χ3n) is 4.27. The van der Waals surface area contributed by atoms with E-state index in [1.165, 1.54) is 30.0 Å². The molecule has 0 spiro atoms. The second-order valence-corrected chi connectivity index (χ2v) is 7.09. The Morgan fingerprint density at radius 2 is 1.88 bits per heavy atom. The summed E-state index contributed by atoms with van der Waals surface area (Å²) in [5.74, 6) is -0.154. The lowest BCUT2D eigenvalue weighted by Gasteiger charge is -2.16. The molecule has 1 aromatic heterocycles. The Hall–Kier alpha value is -2.67. The Morgan fingerprint density at radius 1 is 1.15 bits per heavy atom. The zero-order valence-electron chi connectivity index (χ0n) is 13.9. The molecular formula is C19H15F2N3OS. The van der Waals surface area contributed by atoms with E-state index in [2.05, 4.69) is 10.4 Å². The van der Waals surface area contributed by atoms with Gasteiger partial charge in [-0.2, -0.15) is 5.10 Å². The van der Waals surface area contributed by atoms with Crippen molar-refractivity contribution < 1.29 is 13.6 Å². The summed E-state index contributed by atoms with van der Waals surface area (Å²) < 4.78 is 29.2. The highest BCUT2D eigenvalue weighted by Gasteiger charge is 2.31. The average Bonchev–Trinajstić information content (AvgIpc) is 2.83. The standard InChI is InChI=1S/C19H15F2N3OS/c1-11-17-18(14-4-2-3-5-15(14)21)26-10-16(25)22-19(17)24(23-11)13-8-6-12(20)7-9-13/h2-9,18H,10H2,1H3,(H,22,25).